The van der Waals surface area contributed by atoms with Crippen molar-refractivity contribution in [1.29, 1.82) is 0 Å². The van der Waals surface area contributed by atoms with Gasteiger partial charge in [0, 0.05) is 12.1 Å². The van der Waals surface area contributed by atoms with Gasteiger partial charge < -0.3 is 10.6 Å². The molecule has 0 atom stereocenters. The zero-order valence-corrected chi connectivity index (χ0v) is 8.69. The molecule has 0 saturated heterocycles. The largest absolute Gasteiger partial charge is 0.353 e. The van der Waals surface area contributed by atoms with Gasteiger partial charge in [-0.1, -0.05) is 6.08 Å². The number of amides is 1. The Balaban J connectivity index is 0. The van der Waals surface area contributed by atoms with Gasteiger partial charge in [-0.2, -0.15) is 0 Å². The second kappa shape index (κ2) is 10.2. The van der Waals surface area contributed by atoms with Gasteiger partial charge in [0.2, 0.25) is 5.91 Å². The van der Waals surface area contributed by atoms with E-state index >= 15 is 0 Å². The fraction of sp³-hybridized carbons (Fsp3) is 0.667. The SMILES string of the molecule is CC=C(C)C(=O)NCC.CNC. The maximum absolute atomic E-state index is 10.8. The van der Waals surface area contributed by atoms with E-state index in [0.717, 1.165) is 5.57 Å². The van der Waals surface area contributed by atoms with Gasteiger partial charge in [0.05, 0.1) is 0 Å². The van der Waals surface area contributed by atoms with E-state index in [0.29, 0.717) is 6.54 Å². The normalized spacial score (nSPS) is 9.92. The zero-order valence-electron chi connectivity index (χ0n) is 8.69. The van der Waals surface area contributed by atoms with E-state index in [2.05, 4.69) is 10.6 Å². The Labute approximate surface area is 75.2 Å². The lowest BCUT2D eigenvalue weighted by Gasteiger charge is -1.98. The Morgan fingerprint density at radius 3 is 2.08 bits per heavy atom. The molecule has 1 amide bonds. The summed E-state index contributed by atoms with van der Waals surface area (Å²) in [5.74, 6) is 0.0278. The smallest absolute Gasteiger partial charge is 0.246 e. The van der Waals surface area contributed by atoms with Crippen molar-refractivity contribution in [2.75, 3.05) is 20.6 Å². The predicted molar refractivity (Wildman–Crippen MR) is 53.1 cm³/mol. The van der Waals surface area contributed by atoms with E-state index in [4.69, 9.17) is 0 Å². The zero-order chi connectivity index (χ0) is 9.98. The molecule has 12 heavy (non-hydrogen) atoms. The summed E-state index contributed by atoms with van der Waals surface area (Å²) in [4.78, 5) is 10.8. The number of carbonyl (C=O) groups excluding carboxylic acids is 1. The van der Waals surface area contributed by atoms with Crippen LogP contribution in [0, 0.1) is 0 Å². The van der Waals surface area contributed by atoms with Gasteiger partial charge in [-0.25, -0.2) is 0 Å². The summed E-state index contributed by atoms with van der Waals surface area (Å²) in [6.45, 7) is 6.25. The van der Waals surface area contributed by atoms with Crippen LogP contribution in [-0.2, 0) is 4.79 Å². The molecule has 3 nitrogen and oxygen atoms in total. The fourth-order valence-corrected chi connectivity index (χ4v) is 0.431. The Bertz CT molecular complexity index is 141. The molecule has 2 N–H and O–H groups in total. The first-order valence-corrected chi connectivity index (χ1v) is 4.13. The molecule has 0 aliphatic carbocycles. The highest BCUT2D eigenvalue weighted by atomic mass is 16.1. The summed E-state index contributed by atoms with van der Waals surface area (Å²) in [5.41, 5.74) is 0.775. The first-order valence-electron chi connectivity index (χ1n) is 4.13. The predicted octanol–water partition coefficient (Wildman–Crippen LogP) is 0.924. The van der Waals surface area contributed by atoms with Crippen LogP contribution in [0.25, 0.3) is 0 Å². The van der Waals surface area contributed by atoms with Crippen molar-refractivity contribution < 1.29 is 4.79 Å². The summed E-state index contributed by atoms with van der Waals surface area (Å²) in [7, 11) is 3.75. The average Bonchev–Trinajstić information content (AvgIpc) is 2.05. The van der Waals surface area contributed by atoms with E-state index in [1.54, 1.807) is 13.0 Å². The van der Waals surface area contributed by atoms with Crippen molar-refractivity contribution in [3.63, 3.8) is 0 Å². The van der Waals surface area contributed by atoms with Crippen LogP contribution in [0.2, 0.25) is 0 Å². The molecule has 0 spiro atoms. The van der Waals surface area contributed by atoms with Crippen molar-refractivity contribution in [3.8, 4) is 0 Å². The van der Waals surface area contributed by atoms with Crippen LogP contribution in [-0.4, -0.2) is 26.5 Å². The number of nitrogens with one attached hydrogen (secondary N) is 2. The van der Waals surface area contributed by atoms with Crippen molar-refractivity contribution in [2.24, 2.45) is 0 Å². The van der Waals surface area contributed by atoms with Crippen LogP contribution in [0.4, 0.5) is 0 Å². The van der Waals surface area contributed by atoms with Crippen LogP contribution in [0.15, 0.2) is 11.6 Å². The Morgan fingerprint density at radius 2 is 1.83 bits per heavy atom. The van der Waals surface area contributed by atoms with Crippen LogP contribution in [0.1, 0.15) is 20.8 Å². The lowest BCUT2D eigenvalue weighted by Crippen LogP contribution is -2.23. The summed E-state index contributed by atoms with van der Waals surface area (Å²) in [6, 6.07) is 0. The van der Waals surface area contributed by atoms with Crippen LogP contribution in [0.5, 0.6) is 0 Å². The van der Waals surface area contributed by atoms with Gasteiger partial charge in [0.1, 0.15) is 0 Å². The summed E-state index contributed by atoms with van der Waals surface area (Å²) in [5, 5.41) is 5.44. The molecule has 0 aliphatic heterocycles. The summed E-state index contributed by atoms with van der Waals surface area (Å²) < 4.78 is 0. The van der Waals surface area contributed by atoms with Gasteiger partial charge in [0.25, 0.3) is 0 Å². The highest BCUT2D eigenvalue weighted by molar-refractivity contribution is 5.92. The minimum atomic E-state index is 0.0278. The van der Waals surface area contributed by atoms with Gasteiger partial charge in [-0.05, 0) is 34.9 Å². The van der Waals surface area contributed by atoms with Gasteiger partial charge in [-0.3, -0.25) is 4.79 Å². The first kappa shape index (κ1) is 13.7. The monoisotopic (exact) mass is 172 g/mol. The van der Waals surface area contributed by atoms with Gasteiger partial charge in [-0.15, -0.1) is 0 Å². The number of allylic oxidation sites excluding steroid dienone is 1. The molecule has 0 aliphatic rings. The third-order valence-electron chi connectivity index (χ3n) is 1.13. The number of likely N-dealkylation sites (N-methyl/N-ethyl adjacent to an activating group) is 1. The van der Waals surface area contributed by atoms with E-state index < -0.39 is 0 Å². The maximum Gasteiger partial charge on any atom is 0.246 e. The molecule has 0 aromatic carbocycles. The number of hydrogen-bond acceptors (Lipinski definition) is 2. The quantitative estimate of drug-likeness (QED) is 0.608. The molecule has 0 aromatic rings. The number of hydrogen-bond donors (Lipinski definition) is 2. The molecule has 0 aromatic heterocycles. The van der Waals surface area contributed by atoms with E-state index in [9.17, 15) is 4.79 Å². The Morgan fingerprint density at radius 1 is 1.42 bits per heavy atom. The Hall–Kier alpha value is -0.830. The standard InChI is InChI=1S/C7H13NO.C2H7N/c1-4-6(3)7(9)8-5-2;1-3-2/h4H,5H2,1-3H3,(H,8,9);3H,1-2H3. The van der Waals surface area contributed by atoms with Gasteiger partial charge in [0.15, 0.2) is 0 Å². The van der Waals surface area contributed by atoms with E-state index in [1.807, 2.05) is 27.9 Å². The summed E-state index contributed by atoms with van der Waals surface area (Å²) in [6.07, 6.45) is 1.80. The minimum absolute atomic E-state index is 0.0278. The van der Waals surface area contributed by atoms with Crippen molar-refractivity contribution in [1.82, 2.24) is 10.6 Å². The fourth-order valence-electron chi connectivity index (χ4n) is 0.431. The number of rotatable bonds is 2. The summed E-state index contributed by atoms with van der Waals surface area (Å²) >= 11 is 0. The molecule has 0 fully saturated rings. The molecule has 3 heteroatoms. The topological polar surface area (TPSA) is 41.1 Å². The van der Waals surface area contributed by atoms with Crippen LogP contribution in [0.3, 0.4) is 0 Å². The van der Waals surface area contributed by atoms with Crippen molar-refractivity contribution in [2.45, 2.75) is 20.8 Å². The second-order valence-corrected chi connectivity index (χ2v) is 2.33. The lowest BCUT2D eigenvalue weighted by molar-refractivity contribution is -0.117. The molecule has 0 bridgehead atoms. The maximum atomic E-state index is 10.8. The Kier molecular flexibility index (Phi) is 11.6. The van der Waals surface area contributed by atoms with Crippen LogP contribution >= 0.6 is 0 Å². The third kappa shape index (κ3) is 9.17. The van der Waals surface area contributed by atoms with E-state index in [-0.39, 0.29) is 5.91 Å². The second-order valence-electron chi connectivity index (χ2n) is 2.33. The number of carbonyl (C=O) groups is 1. The molecule has 0 rings (SSSR count). The molecule has 0 radical (unpaired) electrons. The minimum Gasteiger partial charge on any atom is -0.353 e. The van der Waals surface area contributed by atoms with Crippen LogP contribution < -0.4 is 10.6 Å². The average molecular weight is 172 g/mol. The van der Waals surface area contributed by atoms with E-state index in [1.165, 1.54) is 0 Å². The van der Waals surface area contributed by atoms with Gasteiger partial charge >= 0.3 is 0 Å². The molecule has 0 heterocycles. The molecule has 0 unspecified atom stereocenters. The molecular formula is C9H20N2O. The lowest BCUT2D eigenvalue weighted by atomic mass is 10.3. The van der Waals surface area contributed by atoms with Crippen molar-refractivity contribution in [3.05, 3.63) is 11.6 Å². The first-order chi connectivity index (χ1) is 5.63. The molecule has 72 valence electrons. The molecular weight excluding hydrogens is 152 g/mol. The highest BCUT2D eigenvalue weighted by Crippen LogP contribution is 1.89. The highest BCUT2D eigenvalue weighted by Gasteiger charge is 1.97. The van der Waals surface area contributed by atoms with Crippen molar-refractivity contribution >= 4 is 5.91 Å². The third-order valence-corrected chi connectivity index (χ3v) is 1.13. The molecule has 0 saturated carbocycles.